The third-order valence-corrected chi connectivity index (χ3v) is 4.29. The van der Waals surface area contributed by atoms with Gasteiger partial charge in [-0.3, -0.25) is 0 Å². The van der Waals surface area contributed by atoms with Gasteiger partial charge in [0.1, 0.15) is 0 Å². The Morgan fingerprint density at radius 2 is 1.71 bits per heavy atom. The first-order valence-electron chi connectivity index (χ1n) is 6.93. The van der Waals surface area contributed by atoms with E-state index in [1.54, 1.807) is 0 Å². The molecule has 0 spiro atoms. The Morgan fingerprint density at radius 1 is 0.941 bits per heavy atom. The van der Waals surface area contributed by atoms with Gasteiger partial charge in [0, 0.05) is 6.42 Å². The van der Waals surface area contributed by atoms with E-state index < -0.39 is 5.79 Å². The van der Waals surface area contributed by atoms with E-state index in [2.05, 4.69) is 0 Å². The summed E-state index contributed by atoms with van der Waals surface area (Å²) in [5.74, 6) is -0.552. The van der Waals surface area contributed by atoms with Crippen molar-refractivity contribution in [3.8, 4) is 0 Å². The standard InChI is InChI=1S/C13H22O4/c1-11-15-13-9-5-3-2-4-7-12(13,17-16-11)8-6-10-14-13/h11H,2-10H2,1H3/t11?,12-,13-/m0/s1. The minimum atomic E-state index is -0.552. The van der Waals surface area contributed by atoms with E-state index in [1.807, 2.05) is 6.92 Å². The van der Waals surface area contributed by atoms with Crippen molar-refractivity contribution in [2.24, 2.45) is 0 Å². The van der Waals surface area contributed by atoms with Gasteiger partial charge in [-0.05, 0) is 32.6 Å². The van der Waals surface area contributed by atoms with Gasteiger partial charge in [-0.2, -0.15) is 0 Å². The van der Waals surface area contributed by atoms with Gasteiger partial charge in [-0.15, -0.1) is 0 Å². The first-order chi connectivity index (χ1) is 8.27. The third kappa shape index (κ3) is 1.91. The zero-order chi connectivity index (χ0) is 11.8. The second-order valence-corrected chi connectivity index (χ2v) is 5.48. The van der Waals surface area contributed by atoms with Gasteiger partial charge in [-0.1, -0.05) is 19.3 Å². The molecule has 98 valence electrons. The van der Waals surface area contributed by atoms with Crippen LogP contribution < -0.4 is 0 Å². The molecule has 0 aromatic heterocycles. The van der Waals surface area contributed by atoms with E-state index >= 15 is 0 Å². The van der Waals surface area contributed by atoms with E-state index in [0.717, 1.165) is 38.7 Å². The molecule has 0 radical (unpaired) electrons. The van der Waals surface area contributed by atoms with Gasteiger partial charge in [0.15, 0.2) is 11.9 Å². The molecule has 3 rings (SSSR count). The fraction of sp³-hybridized carbons (Fsp3) is 1.00. The molecule has 0 N–H and O–H groups in total. The Morgan fingerprint density at radius 3 is 2.59 bits per heavy atom. The monoisotopic (exact) mass is 242 g/mol. The van der Waals surface area contributed by atoms with Crippen LogP contribution in [0.2, 0.25) is 0 Å². The van der Waals surface area contributed by atoms with E-state index in [-0.39, 0.29) is 11.9 Å². The number of hydrogen-bond donors (Lipinski definition) is 0. The van der Waals surface area contributed by atoms with Crippen LogP contribution in [0.5, 0.6) is 0 Å². The van der Waals surface area contributed by atoms with Gasteiger partial charge in [0.25, 0.3) is 0 Å². The average Bonchev–Trinajstić information content (AvgIpc) is 2.31. The fourth-order valence-electron chi connectivity index (χ4n) is 3.45. The zero-order valence-corrected chi connectivity index (χ0v) is 10.6. The molecule has 0 aromatic carbocycles. The van der Waals surface area contributed by atoms with Crippen molar-refractivity contribution in [3.63, 3.8) is 0 Å². The summed E-state index contributed by atoms with van der Waals surface area (Å²) in [7, 11) is 0. The van der Waals surface area contributed by atoms with Crippen molar-refractivity contribution >= 4 is 0 Å². The quantitative estimate of drug-likeness (QED) is 0.612. The molecule has 4 heteroatoms. The molecular formula is C13H22O4. The van der Waals surface area contributed by atoms with E-state index in [0.29, 0.717) is 0 Å². The molecule has 3 aliphatic rings. The molecular weight excluding hydrogens is 220 g/mol. The Balaban J connectivity index is 1.91. The first-order valence-corrected chi connectivity index (χ1v) is 6.93. The van der Waals surface area contributed by atoms with Gasteiger partial charge in [0.2, 0.25) is 5.79 Å². The third-order valence-electron chi connectivity index (χ3n) is 4.29. The minimum Gasteiger partial charge on any atom is -0.347 e. The van der Waals surface area contributed by atoms with E-state index in [4.69, 9.17) is 19.2 Å². The lowest BCUT2D eigenvalue weighted by molar-refractivity contribution is -0.555. The molecule has 3 fully saturated rings. The maximum absolute atomic E-state index is 6.04. The Hall–Kier alpha value is -0.160. The molecule has 4 nitrogen and oxygen atoms in total. The Kier molecular flexibility index (Phi) is 3.15. The SMILES string of the molecule is CC1OO[C@]23CCCCCC[C@]2(OCCC3)O1. The predicted molar refractivity (Wildman–Crippen MR) is 61.1 cm³/mol. The van der Waals surface area contributed by atoms with E-state index in [9.17, 15) is 0 Å². The maximum atomic E-state index is 6.04. The summed E-state index contributed by atoms with van der Waals surface area (Å²) in [6.45, 7) is 2.65. The van der Waals surface area contributed by atoms with Gasteiger partial charge in [0.05, 0.1) is 6.61 Å². The van der Waals surface area contributed by atoms with Crippen LogP contribution in [0.4, 0.5) is 0 Å². The van der Waals surface area contributed by atoms with Crippen molar-refractivity contribution < 1.29 is 19.2 Å². The van der Waals surface area contributed by atoms with Crippen LogP contribution in [0.15, 0.2) is 0 Å². The second-order valence-electron chi connectivity index (χ2n) is 5.48. The molecule has 1 aliphatic carbocycles. The molecule has 0 aromatic rings. The molecule has 2 heterocycles. The lowest BCUT2D eigenvalue weighted by Gasteiger charge is -2.55. The molecule has 1 saturated carbocycles. The van der Waals surface area contributed by atoms with Crippen molar-refractivity contribution in [2.45, 2.75) is 76.0 Å². The molecule has 3 atom stereocenters. The van der Waals surface area contributed by atoms with Gasteiger partial charge in [-0.25, -0.2) is 9.78 Å². The zero-order valence-electron chi connectivity index (χ0n) is 10.6. The van der Waals surface area contributed by atoms with Crippen LogP contribution in [0, 0.1) is 0 Å². The summed E-state index contributed by atoms with van der Waals surface area (Å²) in [5.41, 5.74) is -0.363. The van der Waals surface area contributed by atoms with Crippen molar-refractivity contribution in [3.05, 3.63) is 0 Å². The van der Waals surface area contributed by atoms with Crippen LogP contribution >= 0.6 is 0 Å². The van der Waals surface area contributed by atoms with Gasteiger partial charge >= 0.3 is 0 Å². The van der Waals surface area contributed by atoms with Crippen molar-refractivity contribution in [1.29, 1.82) is 0 Å². The minimum absolute atomic E-state index is 0.333. The summed E-state index contributed by atoms with van der Waals surface area (Å²) in [4.78, 5) is 11.1. The summed E-state index contributed by atoms with van der Waals surface area (Å²) in [6.07, 6.45) is 8.46. The van der Waals surface area contributed by atoms with Crippen LogP contribution in [0.25, 0.3) is 0 Å². The molecule has 0 bridgehead atoms. The smallest absolute Gasteiger partial charge is 0.203 e. The molecule has 17 heavy (non-hydrogen) atoms. The van der Waals surface area contributed by atoms with Crippen molar-refractivity contribution in [1.82, 2.24) is 0 Å². The average molecular weight is 242 g/mol. The van der Waals surface area contributed by atoms with Crippen LogP contribution in [-0.4, -0.2) is 24.3 Å². The largest absolute Gasteiger partial charge is 0.347 e. The molecule has 0 amide bonds. The molecule has 2 saturated heterocycles. The van der Waals surface area contributed by atoms with Gasteiger partial charge < -0.3 is 9.47 Å². The first kappa shape index (κ1) is 11.9. The summed E-state index contributed by atoms with van der Waals surface area (Å²) in [5, 5.41) is 0. The van der Waals surface area contributed by atoms with Crippen LogP contribution in [0.3, 0.4) is 0 Å². The molecule has 1 unspecified atom stereocenters. The number of rotatable bonds is 0. The lowest BCUT2D eigenvalue weighted by Crippen LogP contribution is -2.66. The van der Waals surface area contributed by atoms with Crippen molar-refractivity contribution in [2.75, 3.05) is 6.61 Å². The predicted octanol–water partition coefficient (Wildman–Crippen LogP) is 2.91. The highest BCUT2D eigenvalue weighted by atomic mass is 17.2. The van der Waals surface area contributed by atoms with E-state index in [1.165, 1.54) is 19.3 Å². The summed E-state index contributed by atoms with van der Waals surface area (Å²) >= 11 is 0. The summed E-state index contributed by atoms with van der Waals surface area (Å²) < 4.78 is 12.1. The normalized spacial score (nSPS) is 47.5. The highest BCUT2D eigenvalue weighted by molar-refractivity contribution is 5.00. The highest BCUT2D eigenvalue weighted by Gasteiger charge is 2.60. The van der Waals surface area contributed by atoms with Crippen LogP contribution in [-0.2, 0) is 19.2 Å². The topological polar surface area (TPSA) is 36.9 Å². The number of hydrogen-bond acceptors (Lipinski definition) is 4. The Labute approximate surface area is 102 Å². The number of ether oxygens (including phenoxy) is 2. The van der Waals surface area contributed by atoms with Crippen LogP contribution in [0.1, 0.15) is 58.3 Å². The second kappa shape index (κ2) is 4.50. The lowest BCUT2D eigenvalue weighted by atomic mass is 9.76. The highest BCUT2D eigenvalue weighted by Crippen LogP contribution is 2.50. The Bertz CT molecular complexity index is 279. The maximum Gasteiger partial charge on any atom is 0.203 e. The fourth-order valence-corrected chi connectivity index (χ4v) is 3.45. The summed E-state index contributed by atoms with van der Waals surface area (Å²) in [6, 6.07) is 0. The molecule has 2 aliphatic heterocycles.